The molecule has 3 rings (SSSR count). The largest absolute Gasteiger partial charge is 0.774 e. The molecule has 1 aliphatic heterocycles. The Balaban J connectivity index is 0.000000366. The molecular formula is C13H17O10S2Y-3. The predicted molar refractivity (Wildman–Crippen MR) is 79.6 cm³/mol. The zero-order valence-electron chi connectivity index (χ0n) is 14.0. The molecule has 0 aromatic rings. The van der Waals surface area contributed by atoms with E-state index in [-0.39, 0.29) is 49.8 Å². The predicted octanol–water partition coefficient (Wildman–Crippen LogP) is -0.780. The van der Waals surface area contributed by atoms with Crippen LogP contribution in [-0.2, 0) is 76.2 Å². The summed E-state index contributed by atoms with van der Waals surface area (Å²) < 4.78 is 66.8. The van der Waals surface area contributed by atoms with E-state index in [0.717, 1.165) is 6.47 Å². The van der Waals surface area contributed by atoms with Gasteiger partial charge in [0.15, 0.2) is 0 Å². The number of carbonyl (C=O) groups is 1. The second-order valence-electron chi connectivity index (χ2n) is 6.18. The van der Waals surface area contributed by atoms with Crippen molar-refractivity contribution in [3.63, 3.8) is 0 Å². The number of carbonyl (C=O) groups excluding carboxylic acids is 2. The number of hydrogen-bond donors (Lipinski definition) is 0. The fourth-order valence-corrected chi connectivity index (χ4v) is 5.20. The first-order valence-electron chi connectivity index (χ1n) is 7.34. The van der Waals surface area contributed by atoms with Crippen LogP contribution in [0.2, 0.25) is 0 Å². The SMILES string of the molecule is C[C-](C)S(=O)(=O)[O-].O=[C-]OCC(=O)OC1C2CC3C1OS(=O)(=O)C3C2.[Y]. The van der Waals surface area contributed by atoms with Crippen molar-refractivity contribution >= 4 is 32.7 Å². The number of fused-ring (bicyclic) bond motifs is 1. The average molecular weight is 486 g/mol. The molecule has 0 N–H and O–H groups in total. The van der Waals surface area contributed by atoms with E-state index in [4.69, 9.17) is 8.92 Å². The van der Waals surface area contributed by atoms with E-state index >= 15 is 0 Å². The minimum absolute atomic E-state index is 0. The molecule has 3 fully saturated rings. The Kier molecular flexibility index (Phi) is 8.19. The summed E-state index contributed by atoms with van der Waals surface area (Å²) in [5, 5.41) is -0.533. The molecular weight excluding hydrogens is 469 g/mol. The molecule has 0 spiro atoms. The van der Waals surface area contributed by atoms with Gasteiger partial charge < -0.3 is 18.8 Å². The van der Waals surface area contributed by atoms with Gasteiger partial charge in [-0.3, -0.25) is 12.6 Å². The first-order valence-corrected chi connectivity index (χ1v) is 10.2. The van der Waals surface area contributed by atoms with Crippen molar-refractivity contribution in [1.82, 2.24) is 0 Å². The third kappa shape index (κ3) is 5.22. The van der Waals surface area contributed by atoms with E-state index in [2.05, 4.69) is 4.74 Å². The van der Waals surface area contributed by atoms with Gasteiger partial charge in [0.2, 0.25) is 0 Å². The quantitative estimate of drug-likeness (QED) is 0.209. The molecule has 13 heteroatoms. The van der Waals surface area contributed by atoms with E-state index in [1.54, 1.807) is 0 Å². The minimum atomic E-state index is -4.07. The van der Waals surface area contributed by atoms with Gasteiger partial charge in [-0.1, -0.05) is 6.47 Å². The van der Waals surface area contributed by atoms with Gasteiger partial charge in [-0.25, -0.2) is 10.0 Å². The van der Waals surface area contributed by atoms with Crippen LogP contribution in [0, 0.1) is 17.1 Å². The number of hydrogen-bond acceptors (Lipinski definition) is 10. The second kappa shape index (κ2) is 8.91. The molecule has 0 aromatic heterocycles. The summed E-state index contributed by atoms with van der Waals surface area (Å²) in [4.78, 5) is 21.2. The van der Waals surface area contributed by atoms with Gasteiger partial charge in [-0.05, 0) is 23.0 Å². The van der Waals surface area contributed by atoms with E-state index in [0.29, 0.717) is 12.8 Å². The van der Waals surface area contributed by atoms with Crippen molar-refractivity contribution in [2.45, 2.75) is 44.1 Å². The Morgan fingerprint density at radius 3 is 2.42 bits per heavy atom. The van der Waals surface area contributed by atoms with Crippen molar-refractivity contribution in [3.8, 4) is 0 Å². The Bertz CT molecular complexity index is 732. The molecule has 1 heterocycles. The molecule has 147 valence electrons. The summed E-state index contributed by atoms with van der Waals surface area (Å²) >= 11 is 0. The van der Waals surface area contributed by atoms with Gasteiger partial charge in [-0.2, -0.15) is 22.3 Å². The minimum Gasteiger partial charge on any atom is -0.774 e. The number of ether oxygens (including phenoxy) is 2. The molecule has 3 aliphatic rings. The van der Waals surface area contributed by atoms with Gasteiger partial charge >= 0.3 is 5.97 Å². The maximum Gasteiger partial charge on any atom is 0.341 e. The zero-order valence-corrected chi connectivity index (χ0v) is 18.5. The van der Waals surface area contributed by atoms with Crippen molar-refractivity contribution in [2.75, 3.05) is 6.61 Å². The maximum absolute atomic E-state index is 11.6. The summed E-state index contributed by atoms with van der Waals surface area (Å²) in [6.07, 6.45) is 0.0594. The third-order valence-corrected chi connectivity index (χ3v) is 7.20. The monoisotopic (exact) mass is 486 g/mol. The molecule has 2 bridgehead atoms. The summed E-state index contributed by atoms with van der Waals surface area (Å²) in [5.74, 6) is -0.761. The van der Waals surface area contributed by atoms with E-state index in [1.807, 2.05) is 0 Å². The Morgan fingerprint density at radius 1 is 1.35 bits per heavy atom. The Labute approximate surface area is 177 Å². The van der Waals surface area contributed by atoms with Gasteiger partial charge in [0.25, 0.3) is 10.1 Å². The van der Waals surface area contributed by atoms with Crippen molar-refractivity contribution in [1.29, 1.82) is 0 Å². The van der Waals surface area contributed by atoms with E-state index < -0.39 is 50.3 Å². The molecule has 1 radical (unpaired) electrons. The van der Waals surface area contributed by atoms with Crippen LogP contribution in [-0.4, -0.2) is 57.9 Å². The first-order chi connectivity index (χ1) is 11.5. The molecule has 10 nitrogen and oxygen atoms in total. The standard InChI is InChI=1S/C10H11O7S.C3H7O3S.Y/c11-4-15-3-8(12)16-9-5-1-6-7(2-5)18(13,14)17-10(6)9;1-3(2)7(4,5)6;/h5-7,9-10H,1-3H2;1-2H3,(H,4,5,6);/q2*-1;/p-1. The van der Waals surface area contributed by atoms with Crippen molar-refractivity contribution < 1.29 is 77.3 Å². The van der Waals surface area contributed by atoms with Gasteiger partial charge in [0, 0.05) is 44.5 Å². The third-order valence-electron chi connectivity index (χ3n) is 4.43. The molecule has 5 unspecified atom stereocenters. The van der Waals surface area contributed by atoms with Crippen LogP contribution in [0.5, 0.6) is 0 Å². The van der Waals surface area contributed by atoms with Crippen molar-refractivity contribution in [2.24, 2.45) is 11.8 Å². The van der Waals surface area contributed by atoms with Crippen molar-refractivity contribution in [3.05, 3.63) is 5.25 Å². The molecule has 0 aromatic carbocycles. The van der Waals surface area contributed by atoms with Crippen LogP contribution < -0.4 is 0 Å². The van der Waals surface area contributed by atoms with Gasteiger partial charge in [-0.15, -0.1) is 0 Å². The fourth-order valence-electron chi connectivity index (χ4n) is 3.32. The zero-order chi connectivity index (χ0) is 19.0. The van der Waals surface area contributed by atoms with Crippen LogP contribution >= 0.6 is 0 Å². The maximum atomic E-state index is 11.6. The smallest absolute Gasteiger partial charge is 0.341 e. The molecule has 5 atom stereocenters. The molecule has 26 heavy (non-hydrogen) atoms. The van der Waals surface area contributed by atoms with Crippen LogP contribution in [0.25, 0.3) is 0 Å². The van der Waals surface area contributed by atoms with Crippen LogP contribution in [0.15, 0.2) is 0 Å². The summed E-state index contributed by atoms with van der Waals surface area (Å²) in [5.41, 5.74) is 0. The Hall–Kier alpha value is -0.136. The summed E-state index contributed by atoms with van der Waals surface area (Å²) in [6, 6.07) is 0. The molecule has 0 amide bonds. The molecule has 2 aliphatic carbocycles. The summed E-state index contributed by atoms with van der Waals surface area (Å²) in [7, 11) is -7.58. The topological polar surface area (TPSA) is 153 Å². The second-order valence-corrected chi connectivity index (χ2v) is 9.68. The van der Waals surface area contributed by atoms with E-state index in [9.17, 15) is 31.0 Å². The normalized spacial score (nSPS) is 33.0. The number of rotatable bonds is 5. The van der Waals surface area contributed by atoms with Gasteiger partial charge in [0.1, 0.15) is 18.8 Å². The fraction of sp³-hybridized carbons (Fsp3) is 0.769. The van der Waals surface area contributed by atoms with Crippen LogP contribution in [0.1, 0.15) is 26.7 Å². The number of esters is 1. The average Bonchev–Trinajstić information content (AvgIpc) is 3.09. The Morgan fingerprint density at radius 2 is 1.92 bits per heavy atom. The van der Waals surface area contributed by atoms with Crippen LogP contribution in [0.4, 0.5) is 0 Å². The van der Waals surface area contributed by atoms with E-state index in [1.165, 1.54) is 13.8 Å². The summed E-state index contributed by atoms with van der Waals surface area (Å²) in [6.45, 7) is 3.14. The van der Waals surface area contributed by atoms with Crippen LogP contribution in [0.3, 0.4) is 0 Å². The molecule has 2 saturated carbocycles. The molecule has 1 saturated heterocycles. The van der Waals surface area contributed by atoms with Gasteiger partial charge in [0.05, 0.1) is 5.25 Å². The first kappa shape index (κ1) is 23.9.